The Morgan fingerprint density at radius 1 is 1.43 bits per heavy atom. The van der Waals surface area contributed by atoms with Gasteiger partial charge in [-0.1, -0.05) is 0 Å². The second kappa shape index (κ2) is 7.56. The number of aromatic nitrogens is 3. The molecular weight excluding hydrogens is 361 g/mol. The molecule has 0 unspecified atom stereocenters. The van der Waals surface area contributed by atoms with Crippen LogP contribution in [-0.4, -0.2) is 20.9 Å². The Hall–Kier alpha value is -3.60. The first-order valence-electron chi connectivity index (χ1n) is 8.64. The number of benzene rings is 1. The number of hydrogen-bond donors (Lipinski definition) is 2. The van der Waals surface area contributed by atoms with Crippen LogP contribution in [0.5, 0.6) is 0 Å². The highest BCUT2D eigenvalue weighted by atomic mass is 19.1. The molecule has 7 nitrogen and oxygen atoms in total. The smallest absolute Gasteiger partial charge is 0.252 e. The molecule has 0 saturated carbocycles. The molecule has 28 heavy (non-hydrogen) atoms. The maximum Gasteiger partial charge on any atom is 0.252 e. The fourth-order valence-corrected chi connectivity index (χ4v) is 3.17. The number of carbonyl (C=O) groups excluding carboxylic acids is 1. The van der Waals surface area contributed by atoms with Gasteiger partial charge in [0.25, 0.3) is 5.56 Å². The number of aromatic amines is 1. The van der Waals surface area contributed by atoms with Crippen LogP contribution < -0.4 is 10.9 Å². The van der Waals surface area contributed by atoms with Crippen molar-refractivity contribution in [1.82, 2.24) is 20.3 Å². The molecule has 8 heteroatoms. The molecule has 2 aromatic heterocycles. The predicted octanol–water partition coefficient (Wildman–Crippen LogP) is 2.86. The van der Waals surface area contributed by atoms with E-state index in [0.717, 1.165) is 0 Å². The number of carbonyl (C=O) groups is 1. The van der Waals surface area contributed by atoms with Crippen LogP contribution in [0.15, 0.2) is 29.2 Å². The first-order chi connectivity index (χ1) is 13.3. The molecule has 0 saturated heterocycles. The summed E-state index contributed by atoms with van der Waals surface area (Å²) in [6.07, 6.45) is 1.19. The van der Waals surface area contributed by atoms with Gasteiger partial charge >= 0.3 is 0 Å². The zero-order valence-corrected chi connectivity index (χ0v) is 15.6. The third-order valence-corrected chi connectivity index (χ3v) is 4.58. The van der Waals surface area contributed by atoms with Crippen molar-refractivity contribution >= 4 is 16.8 Å². The van der Waals surface area contributed by atoms with E-state index in [1.54, 1.807) is 20.8 Å². The Balaban J connectivity index is 0.00000225. The number of pyridine rings is 1. The summed E-state index contributed by atoms with van der Waals surface area (Å²) in [6.45, 7) is 5.14. The van der Waals surface area contributed by atoms with E-state index >= 15 is 0 Å². The van der Waals surface area contributed by atoms with Gasteiger partial charge in [0.05, 0.1) is 30.0 Å². The summed E-state index contributed by atoms with van der Waals surface area (Å²) in [5.74, 6) is -0.788. The zero-order chi connectivity index (χ0) is 20.4. The monoisotopic (exact) mass is 383 g/mol. The quantitative estimate of drug-likeness (QED) is 0.719. The average molecular weight is 383 g/mol. The van der Waals surface area contributed by atoms with Crippen molar-refractivity contribution < 1.29 is 12.0 Å². The number of nitrogens with zero attached hydrogens (tertiary/aromatic N) is 3. The maximum absolute atomic E-state index is 13.6. The number of fused-ring (bicyclic) bond motifs is 1. The summed E-state index contributed by atoms with van der Waals surface area (Å²) in [7, 11) is 0. The molecule has 0 fully saturated rings. The Labute approximate surface area is 163 Å². The number of H-pyrrole nitrogens is 1. The van der Waals surface area contributed by atoms with E-state index in [4.69, 9.17) is 5.26 Å². The van der Waals surface area contributed by atoms with Gasteiger partial charge in [0.2, 0.25) is 5.91 Å². The Morgan fingerprint density at radius 2 is 2.18 bits per heavy atom. The molecule has 0 aliphatic rings. The van der Waals surface area contributed by atoms with E-state index < -0.39 is 11.9 Å². The highest BCUT2D eigenvalue weighted by Crippen LogP contribution is 2.19. The first kappa shape index (κ1) is 19.2. The van der Waals surface area contributed by atoms with Crippen molar-refractivity contribution in [2.75, 3.05) is 0 Å². The van der Waals surface area contributed by atoms with Crippen LogP contribution in [-0.2, 0) is 11.2 Å². The first-order valence-corrected chi connectivity index (χ1v) is 8.64. The van der Waals surface area contributed by atoms with Crippen molar-refractivity contribution in [2.24, 2.45) is 0 Å². The number of nitrogens with one attached hydrogen (secondary N) is 2. The lowest BCUT2D eigenvalue weighted by Gasteiger charge is -2.16. The Kier molecular flexibility index (Phi) is 5.18. The number of amides is 1. The van der Waals surface area contributed by atoms with Crippen LogP contribution in [0, 0.1) is 31.0 Å². The molecule has 0 radical (unpaired) electrons. The molecule has 1 atom stereocenters. The predicted molar refractivity (Wildman–Crippen MR) is 105 cm³/mol. The maximum atomic E-state index is 13.6. The van der Waals surface area contributed by atoms with Gasteiger partial charge in [-0.15, -0.1) is 0 Å². The molecule has 2 heterocycles. The lowest BCUT2D eigenvalue weighted by molar-refractivity contribution is -0.121. The van der Waals surface area contributed by atoms with Crippen LogP contribution in [0.3, 0.4) is 0 Å². The van der Waals surface area contributed by atoms with Crippen LogP contribution in [0.1, 0.15) is 44.0 Å². The van der Waals surface area contributed by atoms with Crippen LogP contribution >= 0.6 is 0 Å². The van der Waals surface area contributed by atoms with E-state index in [2.05, 4.69) is 20.3 Å². The van der Waals surface area contributed by atoms with E-state index in [9.17, 15) is 14.0 Å². The van der Waals surface area contributed by atoms with Gasteiger partial charge in [0, 0.05) is 19.3 Å². The third-order valence-electron chi connectivity index (χ3n) is 4.58. The summed E-state index contributed by atoms with van der Waals surface area (Å²) in [6, 6.07) is 5.56. The standard InChI is InChI=1S/C20H18FN5O2.2H2/c1-10-15-6-13(21)4-5-17(15)26-20(28)16(10)7-18(27)25-12(3)19-11(2)24-14(8-22)9-23-19;;/h4-6,9,12H,7H2,1-3H3,(H,25,27)(H,26,28);2*1H/t12-;;/m1../s1. The fraction of sp³-hybridized carbons (Fsp3) is 0.250. The number of rotatable bonds is 4. The fourth-order valence-electron chi connectivity index (χ4n) is 3.17. The second-order valence-corrected chi connectivity index (χ2v) is 6.55. The van der Waals surface area contributed by atoms with Gasteiger partial charge < -0.3 is 10.3 Å². The van der Waals surface area contributed by atoms with Crippen molar-refractivity contribution in [3.63, 3.8) is 0 Å². The molecule has 0 spiro atoms. The Morgan fingerprint density at radius 3 is 2.86 bits per heavy atom. The zero-order valence-electron chi connectivity index (χ0n) is 15.6. The SMILES string of the molecule is Cc1nc(C#N)cnc1[C@@H](C)NC(=O)Cc1c(C)c2cc(F)ccc2[nH]c1=O.[HH].[HH]. The molecule has 0 aliphatic heterocycles. The van der Waals surface area contributed by atoms with Gasteiger partial charge in [-0.2, -0.15) is 5.26 Å². The molecule has 0 bridgehead atoms. The lowest BCUT2D eigenvalue weighted by Crippen LogP contribution is -2.31. The largest absolute Gasteiger partial charge is 0.348 e. The van der Waals surface area contributed by atoms with Crippen LogP contribution in [0.4, 0.5) is 4.39 Å². The molecular formula is C20H22FN5O2. The number of halogens is 1. The highest BCUT2D eigenvalue weighted by molar-refractivity contribution is 5.85. The topological polar surface area (TPSA) is 112 Å². The number of nitriles is 1. The van der Waals surface area contributed by atoms with Crippen molar-refractivity contribution in [1.29, 1.82) is 5.26 Å². The minimum atomic E-state index is -0.454. The minimum Gasteiger partial charge on any atom is -0.348 e. The normalized spacial score (nSPS) is 11.8. The summed E-state index contributed by atoms with van der Waals surface area (Å²) >= 11 is 0. The molecule has 3 aromatic rings. The molecule has 1 aromatic carbocycles. The Bertz CT molecular complexity index is 1190. The molecule has 0 aliphatic carbocycles. The summed E-state index contributed by atoms with van der Waals surface area (Å²) < 4.78 is 13.6. The lowest BCUT2D eigenvalue weighted by atomic mass is 10.0. The van der Waals surface area contributed by atoms with Crippen LogP contribution in [0.2, 0.25) is 0 Å². The van der Waals surface area contributed by atoms with Gasteiger partial charge in [-0.25, -0.2) is 9.37 Å². The number of aryl methyl sites for hydroxylation is 2. The van der Waals surface area contributed by atoms with E-state index in [0.29, 0.717) is 27.9 Å². The molecule has 1 amide bonds. The molecule has 2 N–H and O–H groups in total. The summed E-state index contributed by atoms with van der Waals surface area (Å²) in [4.78, 5) is 35.9. The van der Waals surface area contributed by atoms with Crippen molar-refractivity contribution in [3.8, 4) is 6.07 Å². The van der Waals surface area contributed by atoms with Gasteiger partial charge in [0.1, 0.15) is 11.9 Å². The van der Waals surface area contributed by atoms with Gasteiger partial charge in [-0.05, 0) is 44.5 Å². The molecule has 146 valence electrons. The van der Waals surface area contributed by atoms with E-state index in [1.807, 2.05) is 6.07 Å². The second-order valence-electron chi connectivity index (χ2n) is 6.55. The highest BCUT2D eigenvalue weighted by Gasteiger charge is 2.18. The van der Waals surface area contributed by atoms with Gasteiger partial charge in [-0.3, -0.25) is 14.6 Å². The van der Waals surface area contributed by atoms with Crippen LogP contribution in [0.25, 0.3) is 10.9 Å². The average Bonchev–Trinajstić information content (AvgIpc) is 2.65. The van der Waals surface area contributed by atoms with Crippen molar-refractivity contribution in [3.05, 3.63) is 68.8 Å². The van der Waals surface area contributed by atoms with Crippen molar-refractivity contribution in [2.45, 2.75) is 33.2 Å². The van der Waals surface area contributed by atoms with E-state index in [-0.39, 0.29) is 32.0 Å². The summed E-state index contributed by atoms with van der Waals surface area (Å²) in [5.41, 5.74) is 2.27. The van der Waals surface area contributed by atoms with E-state index in [1.165, 1.54) is 24.4 Å². The minimum absolute atomic E-state index is 0. The third kappa shape index (κ3) is 3.74. The molecule has 3 rings (SSSR count). The van der Waals surface area contributed by atoms with Gasteiger partial charge in [0.15, 0.2) is 5.69 Å². The number of hydrogen-bond acceptors (Lipinski definition) is 5. The summed E-state index contributed by atoms with van der Waals surface area (Å²) in [5, 5.41) is 12.2.